The molecule has 0 radical (unpaired) electrons. The third-order valence-corrected chi connectivity index (χ3v) is 8.22. The van der Waals surface area contributed by atoms with Gasteiger partial charge in [-0.05, 0) is 33.6 Å². The minimum absolute atomic E-state index is 0.120. The number of likely N-dealkylation sites (tertiary alicyclic amines) is 1. The maximum absolute atomic E-state index is 14.0. The van der Waals surface area contributed by atoms with Crippen molar-refractivity contribution in [2.45, 2.75) is 75.2 Å². The lowest BCUT2D eigenvalue weighted by atomic mass is 9.70. The number of fused-ring (bicyclic) bond motifs is 1. The van der Waals surface area contributed by atoms with Crippen molar-refractivity contribution in [1.29, 1.82) is 0 Å². The van der Waals surface area contributed by atoms with Gasteiger partial charge in [-0.1, -0.05) is 35.0 Å². The zero-order valence-electron chi connectivity index (χ0n) is 20.7. The Balaban J connectivity index is 2.10. The molecule has 0 aromatic carbocycles. The Hall–Kier alpha value is -1.71. The molecule has 7 atom stereocenters. The first kappa shape index (κ1) is 26.9. The highest BCUT2D eigenvalue weighted by molar-refractivity contribution is 9.09. The molecule has 1 N–H and O–H groups in total. The van der Waals surface area contributed by atoms with Crippen LogP contribution in [0.15, 0.2) is 25.3 Å². The number of hydrogen-bond acceptors (Lipinski definition) is 5. The van der Waals surface area contributed by atoms with Gasteiger partial charge >= 0.3 is 0 Å². The third-order valence-electron chi connectivity index (χ3n) is 7.37. The molecule has 3 saturated heterocycles. The second-order valence-corrected chi connectivity index (χ2v) is 11.1. The number of carbonyl (C=O) groups is 3. The van der Waals surface area contributed by atoms with Gasteiger partial charge in [-0.25, -0.2) is 0 Å². The van der Waals surface area contributed by atoms with Gasteiger partial charge in [-0.2, -0.15) is 0 Å². The SMILES string of the molecule is C=CCN(CCC)C(=O)[C@H]1[C@H]2C(=O)N([C@H](C)CO)C(C(=O)N(CC=C)C(C)C)C23CC(Br)[C@@H]1O3. The number of aliphatic hydroxyl groups excluding tert-OH is 1. The Morgan fingerprint density at radius 1 is 1.26 bits per heavy atom. The van der Waals surface area contributed by atoms with Gasteiger partial charge in [0.25, 0.3) is 0 Å². The lowest BCUT2D eigenvalue weighted by Crippen LogP contribution is -2.59. The van der Waals surface area contributed by atoms with Crippen molar-refractivity contribution < 1.29 is 24.2 Å². The monoisotopic (exact) mass is 539 g/mol. The fourth-order valence-electron chi connectivity index (χ4n) is 5.97. The molecule has 3 heterocycles. The van der Waals surface area contributed by atoms with Crippen molar-refractivity contribution in [3.8, 4) is 0 Å². The predicted molar refractivity (Wildman–Crippen MR) is 133 cm³/mol. The van der Waals surface area contributed by atoms with Crippen molar-refractivity contribution in [2.24, 2.45) is 11.8 Å². The molecule has 1 spiro atoms. The molecule has 2 bridgehead atoms. The number of ether oxygens (including phenoxy) is 1. The van der Waals surface area contributed by atoms with Crippen LogP contribution in [0.3, 0.4) is 0 Å². The molecule has 0 aliphatic carbocycles. The number of hydrogen-bond donors (Lipinski definition) is 1. The number of halogens is 1. The minimum Gasteiger partial charge on any atom is -0.394 e. The molecule has 3 rings (SSSR count). The summed E-state index contributed by atoms with van der Waals surface area (Å²) in [5.41, 5.74) is -1.13. The first-order valence-corrected chi connectivity index (χ1v) is 13.1. The Labute approximate surface area is 211 Å². The lowest BCUT2D eigenvalue weighted by molar-refractivity contribution is -0.152. The number of amides is 3. The number of alkyl halides is 1. The van der Waals surface area contributed by atoms with Crippen molar-refractivity contribution in [1.82, 2.24) is 14.7 Å². The molecule has 0 saturated carbocycles. The summed E-state index contributed by atoms with van der Waals surface area (Å²) in [7, 11) is 0. The summed E-state index contributed by atoms with van der Waals surface area (Å²) < 4.78 is 6.54. The maximum atomic E-state index is 14.0. The smallest absolute Gasteiger partial charge is 0.248 e. The van der Waals surface area contributed by atoms with Crippen LogP contribution in [0.25, 0.3) is 0 Å². The van der Waals surface area contributed by atoms with Crippen LogP contribution in [0.5, 0.6) is 0 Å². The van der Waals surface area contributed by atoms with Gasteiger partial charge in [-0.15, -0.1) is 13.2 Å². The molecule has 3 amide bonds. The second kappa shape index (κ2) is 10.5. The van der Waals surface area contributed by atoms with E-state index in [9.17, 15) is 19.5 Å². The van der Waals surface area contributed by atoms with Gasteiger partial charge in [0, 0.05) is 30.5 Å². The average Bonchev–Trinajstić information content (AvgIpc) is 3.39. The molecule has 9 heteroatoms. The molecular formula is C25H38BrN3O5. The van der Waals surface area contributed by atoms with Crippen molar-refractivity contribution in [3.63, 3.8) is 0 Å². The van der Waals surface area contributed by atoms with Crippen LogP contribution < -0.4 is 0 Å². The van der Waals surface area contributed by atoms with Crippen LogP contribution >= 0.6 is 15.9 Å². The number of nitrogens with zero attached hydrogens (tertiary/aromatic N) is 3. The Kier molecular flexibility index (Phi) is 8.30. The van der Waals surface area contributed by atoms with Gasteiger partial charge in [0.15, 0.2) is 0 Å². The summed E-state index contributed by atoms with van der Waals surface area (Å²) in [4.78, 5) is 46.4. The first-order chi connectivity index (χ1) is 16.1. The highest BCUT2D eigenvalue weighted by Gasteiger charge is 2.77. The van der Waals surface area contributed by atoms with Crippen LogP contribution in [-0.2, 0) is 19.1 Å². The highest BCUT2D eigenvalue weighted by Crippen LogP contribution is 2.60. The number of aliphatic hydroxyl groups is 1. The Morgan fingerprint density at radius 3 is 2.44 bits per heavy atom. The van der Waals surface area contributed by atoms with Crippen LogP contribution in [0.1, 0.15) is 40.5 Å². The zero-order chi connectivity index (χ0) is 25.4. The quantitative estimate of drug-likeness (QED) is 0.320. The molecule has 3 aliphatic rings. The molecule has 0 aromatic rings. The zero-order valence-corrected chi connectivity index (χ0v) is 22.2. The summed E-state index contributed by atoms with van der Waals surface area (Å²) in [6.07, 6.45) is 4.06. The molecular weight excluding hydrogens is 502 g/mol. The molecule has 3 unspecified atom stereocenters. The number of carbonyl (C=O) groups excluding carboxylic acids is 3. The van der Waals surface area contributed by atoms with E-state index >= 15 is 0 Å². The highest BCUT2D eigenvalue weighted by atomic mass is 79.9. The lowest BCUT2D eigenvalue weighted by Gasteiger charge is -2.39. The first-order valence-electron chi connectivity index (χ1n) is 12.2. The second-order valence-electron chi connectivity index (χ2n) is 9.89. The molecule has 8 nitrogen and oxygen atoms in total. The summed E-state index contributed by atoms with van der Waals surface area (Å²) in [6, 6.07) is -1.63. The van der Waals surface area contributed by atoms with Gasteiger partial charge in [0.2, 0.25) is 17.7 Å². The summed E-state index contributed by atoms with van der Waals surface area (Å²) in [5.74, 6) is -2.15. The van der Waals surface area contributed by atoms with Crippen LogP contribution in [0.4, 0.5) is 0 Å². The Morgan fingerprint density at radius 2 is 1.91 bits per heavy atom. The van der Waals surface area contributed by atoms with E-state index in [4.69, 9.17) is 4.74 Å². The largest absolute Gasteiger partial charge is 0.394 e. The number of rotatable bonds is 11. The topological polar surface area (TPSA) is 90.4 Å². The van der Waals surface area contributed by atoms with E-state index in [1.165, 1.54) is 4.90 Å². The van der Waals surface area contributed by atoms with E-state index in [0.717, 1.165) is 6.42 Å². The summed E-state index contributed by atoms with van der Waals surface area (Å²) >= 11 is 3.69. The van der Waals surface area contributed by atoms with E-state index in [1.807, 2.05) is 20.8 Å². The van der Waals surface area contributed by atoms with E-state index in [0.29, 0.717) is 26.1 Å². The molecule has 3 aliphatic heterocycles. The average molecular weight is 540 g/mol. The van der Waals surface area contributed by atoms with Crippen molar-refractivity contribution >= 4 is 33.7 Å². The molecule has 3 fully saturated rings. The molecule has 34 heavy (non-hydrogen) atoms. The van der Waals surface area contributed by atoms with E-state index in [-0.39, 0.29) is 35.2 Å². The fraction of sp³-hybridized carbons (Fsp3) is 0.720. The summed E-state index contributed by atoms with van der Waals surface area (Å²) in [6.45, 7) is 16.1. The maximum Gasteiger partial charge on any atom is 0.248 e. The minimum atomic E-state index is -1.13. The van der Waals surface area contributed by atoms with E-state index in [1.54, 1.807) is 28.9 Å². The van der Waals surface area contributed by atoms with Crippen LogP contribution in [0, 0.1) is 11.8 Å². The Bertz CT molecular complexity index is 835. The van der Waals surface area contributed by atoms with Crippen molar-refractivity contribution in [2.75, 3.05) is 26.2 Å². The third kappa shape index (κ3) is 4.13. The predicted octanol–water partition coefficient (Wildman–Crippen LogP) is 1.96. The van der Waals surface area contributed by atoms with Crippen LogP contribution in [0.2, 0.25) is 0 Å². The van der Waals surface area contributed by atoms with Gasteiger partial charge in [0.1, 0.15) is 11.6 Å². The fourth-order valence-corrected chi connectivity index (χ4v) is 6.91. The van der Waals surface area contributed by atoms with Crippen LogP contribution in [-0.4, -0.2) is 98.4 Å². The summed E-state index contributed by atoms with van der Waals surface area (Å²) in [5, 5.41) is 9.98. The van der Waals surface area contributed by atoms with Crippen molar-refractivity contribution in [3.05, 3.63) is 25.3 Å². The molecule has 190 valence electrons. The molecule has 0 aromatic heterocycles. The normalized spacial score (nSPS) is 32.6. The van der Waals surface area contributed by atoms with E-state index in [2.05, 4.69) is 29.1 Å². The van der Waals surface area contributed by atoms with Gasteiger partial charge in [-0.3, -0.25) is 14.4 Å². The standard InChI is InChI=1S/C25H38BrN3O5/c1-7-10-27(11-8-2)22(31)18-19-23(32)29(16(6)14-30)21(24(33)28(12-9-3)15(4)5)25(19)13-17(26)20(18)34-25/h7,9,15-21,30H,1,3,8,10-14H2,2,4-6H3/t16-,17?,18+,19+,20+,21?,25?/m1/s1. The van der Waals surface area contributed by atoms with Gasteiger partial charge < -0.3 is 24.5 Å². The van der Waals surface area contributed by atoms with E-state index < -0.39 is 35.6 Å². The van der Waals surface area contributed by atoms with Gasteiger partial charge in [0.05, 0.1) is 30.6 Å².